The van der Waals surface area contributed by atoms with Crippen LogP contribution in [0.25, 0.3) is 0 Å². The molecular weight excluding hydrogens is 159 g/mol. The summed E-state index contributed by atoms with van der Waals surface area (Å²) in [4.78, 5) is 21.3. The van der Waals surface area contributed by atoms with Crippen molar-refractivity contribution in [3.05, 3.63) is 23.3 Å². The van der Waals surface area contributed by atoms with Crippen molar-refractivity contribution >= 4 is 19.3 Å². The van der Waals surface area contributed by atoms with Gasteiger partial charge in [0.05, 0.1) is 0 Å². The van der Waals surface area contributed by atoms with Crippen LogP contribution in [0.4, 0.5) is 0 Å². The third-order valence-electron chi connectivity index (χ3n) is 1.56. The van der Waals surface area contributed by atoms with Crippen molar-refractivity contribution in [2.75, 3.05) is 0 Å². The van der Waals surface area contributed by atoms with Crippen LogP contribution in [-0.2, 0) is 9.59 Å². The van der Waals surface area contributed by atoms with E-state index in [9.17, 15) is 9.59 Å². The molecule has 1 radical (unpaired) electrons. The van der Waals surface area contributed by atoms with Gasteiger partial charge in [-0.1, -0.05) is 6.08 Å². The fourth-order valence-electron chi connectivity index (χ4n) is 0.933. The third-order valence-corrected chi connectivity index (χ3v) is 1.56. The van der Waals surface area contributed by atoms with Crippen LogP contribution in [0, 0.1) is 0 Å². The fraction of sp³-hybridized carbons (Fsp3) is 0.143. The number of hydrogen-bond donors (Lipinski definition) is 2. The van der Waals surface area contributed by atoms with E-state index in [0.29, 0.717) is 0 Å². The molecule has 2 rings (SSSR count). The Morgan fingerprint density at radius 3 is 2.33 bits per heavy atom. The van der Waals surface area contributed by atoms with E-state index in [4.69, 9.17) is 10.0 Å². The molecule has 0 aromatic carbocycles. The highest BCUT2D eigenvalue weighted by Crippen LogP contribution is 2.35. The topological polar surface area (TPSA) is 74.6 Å². The fourth-order valence-corrected chi connectivity index (χ4v) is 0.933. The quantitative estimate of drug-likeness (QED) is 0.271. The summed E-state index contributed by atoms with van der Waals surface area (Å²) >= 11 is 0. The summed E-state index contributed by atoms with van der Waals surface area (Å²) in [6.45, 7) is 0. The minimum Gasteiger partial charge on any atom is -0.429 e. The van der Waals surface area contributed by atoms with Crippen molar-refractivity contribution in [1.29, 1.82) is 0 Å². The molecular formula is C7H6BO4. The molecule has 2 N–H and O–H groups in total. The summed E-state index contributed by atoms with van der Waals surface area (Å²) in [5.41, 5.74) is 1.77. The lowest BCUT2D eigenvalue weighted by Gasteiger charge is -1.88. The van der Waals surface area contributed by atoms with Crippen LogP contribution in [0.3, 0.4) is 0 Å². The lowest BCUT2D eigenvalue weighted by molar-refractivity contribution is -0.131. The summed E-state index contributed by atoms with van der Waals surface area (Å²) in [5, 5.41) is 14.0. The first-order chi connectivity index (χ1) is 5.70. The smallest absolute Gasteiger partial charge is 0.429 e. The monoisotopic (exact) mass is 165 g/mol. The summed E-state index contributed by atoms with van der Waals surface area (Å²) < 4.78 is 0. The van der Waals surface area contributed by atoms with E-state index in [2.05, 4.69) is 0 Å². The molecule has 0 atom stereocenters. The van der Waals surface area contributed by atoms with E-state index in [1.807, 2.05) is 0 Å². The van der Waals surface area contributed by atoms with Crippen LogP contribution in [0.15, 0.2) is 23.3 Å². The van der Waals surface area contributed by atoms with Crippen molar-refractivity contribution in [2.24, 2.45) is 0 Å². The number of carbonyl (C=O) groups excluding carboxylic acids is 2. The lowest BCUT2D eigenvalue weighted by atomic mass is 10.1. The second-order valence-corrected chi connectivity index (χ2v) is 2.32. The van der Waals surface area contributed by atoms with Crippen LogP contribution in [0.2, 0.25) is 0 Å². The molecule has 0 fully saturated rings. The maximum absolute atomic E-state index is 10.7. The molecule has 61 valence electrons. The number of carbonyl (C=O) groups is 2. The summed E-state index contributed by atoms with van der Waals surface area (Å²) in [7, 11) is 0. The van der Waals surface area contributed by atoms with E-state index in [0.717, 1.165) is 17.6 Å². The Hall–Kier alpha value is -1.20. The summed E-state index contributed by atoms with van der Waals surface area (Å²) in [6.07, 6.45) is 3.80. The molecule has 12 heavy (non-hydrogen) atoms. The molecule has 0 aromatic heterocycles. The minimum atomic E-state index is -0.369. The van der Waals surface area contributed by atoms with Gasteiger partial charge in [-0.3, -0.25) is 9.59 Å². The predicted octanol–water partition coefficient (Wildman–Crippen LogP) is -1.10. The van der Waals surface area contributed by atoms with Gasteiger partial charge in [-0.25, -0.2) is 0 Å². The normalized spacial score (nSPS) is 18.2. The van der Waals surface area contributed by atoms with E-state index in [1.165, 1.54) is 6.08 Å². The first kappa shape index (κ1) is 8.90. The zero-order valence-corrected chi connectivity index (χ0v) is 6.15. The number of hydrogen-bond acceptors (Lipinski definition) is 4. The second kappa shape index (κ2) is 3.47. The number of Topliss-reactive ketones (excluding diaryl/α,β-unsaturated/α-hetero) is 1. The average Bonchev–Trinajstić information content (AvgIpc) is 2.78. The van der Waals surface area contributed by atoms with Gasteiger partial charge >= 0.3 is 7.69 Å². The highest BCUT2D eigenvalue weighted by molar-refractivity contribution is 6.49. The molecule has 0 amide bonds. The van der Waals surface area contributed by atoms with Gasteiger partial charge in [0.25, 0.3) is 0 Å². The van der Waals surface area contributed by atoms with Crippen LogP contribution in [0.5, 0.6) is 0 Å². The molecule has 0 spiro atoms. The molecule has 0 bridgehead atoms. The van der Waals surface area contributed by atoms with Crippen molar-refractivity contribution in [1.82, 2.24) is 0 Å². The third kappa shape index (κ3) is 1.69. The van der Waals surface area contributed by atoms with Gasteiger partial charge in [0.15, 0.2) is 0 Å². The largest absolute Gasteiger partial charge is 0.482 e. The Kier molecular flexibility index (Phi) is 2.57. The van der Waals surface area contributed by atoms with E-state index in [1.54, 1.807) is 6.08 Å². The Bertz CT molecular complexity index is 287. The molecule has 0 unspecified atom stereocenters. The van der Waals surface area contributed by atoms with E-state index < -0.39 is 0 Å². The van der Waals surface area contributed by atoms with Gasteiger partial charge in [-0.15, -0.1) is 0 Å². The first-order valence-corrected chi connectivity index (χ1v) is 3.29. The van der Waals surface area contributed by atoms with Gasteiger partial charge in [0, 0.05) is 12.0 Å². The Morgan fingerprint density at radius 2 is 1.83 bits per heavy atom. The molecule has 0 aromatic rings. The standard InChI is InChI=1S/C7H4O2.BH2O2/c8-6-2-1-4-3-5(4)7(6)9;2-1-3/h1-2H,3H2;2-3H. The van der Waals surface area contributed by atoms with Gasteiger partial charge in [-0.2, -0.15) is 0 Å². The maximum atomic E-state index is 10.7. The van der Waals surface area contributed by atoms with Gasteiger partial charge < -0.3 is 10.0 Å². The summed E-state index contributed by atoms with van der Waals surface area (Å²) in [6, 6.07) is 0. The number of rotatable bonds is 0. The molecule has 0 saturated carbocycles. The van der Waals surface area contributed by atoms with E-state index >= 15 is 0 Å². The molecule has 2 aliphatic rings. The summed E-state index contributed by atoms with van der Waals surface area (Å²) in [5.74, 6) is -0.668. The molecule has 0 aliphatic heterocycles. The Balaban J connectivity index is 0.000000213. The average molecular weight is 165 g/mol. The highest BCUT2D eigenvalue weighted by atomic mass is 16.4. The lowest BCUT2D eigenvalue weighted by Crippen LogP contribution is -2.09. The zero-order chi connectivity index (χ0) is 9.14. The molecule has 5 heteroatoms. The van der Waals surface area contributed by atoms with E-state index in [-0.39, 0.29) is 19.3 Å². The van der Waals surface area contributed by atoms with Crippen molar-refractivity contribution in [2.45, 2.75) is 6.42 Å². The van der Waals surface area contributed by atoms with Gasteiger partial charge in [0.2, 0.25) is 11.6 Å². The second-order valence-electron chi connectivity index (χ2n) is 2.32. The van der Waals surface area contributed by atoms with Crippen molar-refractivity contribution in [3.8, 4) is 0 Å². The molecule has 0 heterocycles. The van der Waals surface area contributed by atoms with Crippen molar-refractivity contribution in [3.63, 3.8) is 0 Å². The van der Waals surface area contributed by atoms with Gasteiger partial charge in [-0.05, 0) is 11.6 Å². The van der Waals surface area contributed by atoms with Crippen LogP contribution >= 0.6 is 0 Å². The molecule has 4 nitrogen and oxygen atoms in total. The molecule has 0 saturated heterocycles. The Labute approximate surface area is 69.5 Å². The predicted molar refractivity (Wildman–Crippen MR) is 41.0 cm³/mol. The first-order valence-electron chi connectivity index (χ1n) is 3.29. The zero-order valence-electron chi connectivity index (χ0n) is 6.15. The Morgan fingerprint density at radius 1 is 1.25 bits per heavy atom. The van der Waals surface area contributed by atoms with Gasteiger partial charge in [0.1, 0.15) is 0 Å². The molecule has 2 aliphatic carbocycles. The van der Waals surface area contributed by atoms with Crippen molar-refractivity contribution < 1.29 is 19.6 Å². The van der Waals surface area contributed by atoms with Crippen LogP contribution in [0.1, 0.15) is 6.42 Å². The highest BCUT2D eigenvalue weighted by Gasteiger charge is 2.32. The van der Waals surface area contributed by atoms with Crippen LogP contribution in [-0.4, -0.2) is 29.3 Å². The SMILES string of the molecule is O=C1C=CC2=C(C2)C1=O.O[B]O. The minimum absolute atomic E-state index is 0. The number of ketones is 2. The van der Waals surface area contributed by atoms with Crippen LogP contribution < -0.4 is 0 Å². The maximum Gasteiger partial charge on any atom is 0.482 e. The number of allylic oxidation sites excluding steroid dienone is 4.